The molecule has 0 aliphatic heterocycles. The van der Waals surface area contributed by atoms with Gasteiger partial charge in [-0.15, -0.1) is 0 Å². The van der Waals surface area contributed by atoms with Crippen molar-refractivity contribution in [2.45, 2.75) is 46.8 Å². The van der Waals surface area contributed by atoms with Gasteiger partial charge in [0.15, 0.2) is 6.10 Å². The number of aryl methyl sites for hydroxylation is 3. The molecule has 1 amide bonds. The highest BCUT2D eigenvalue weighted by molar-refractivity contribution is 5.81. The van der Waals surface area contributed by atoms with Gasteiger partial charge >= 0.3 is 0 Å². The van der Waals surface area contributed by atoms with Gasteiger partial charge in [-0.05, 0) is 38.3 Å². The zero-order valence-electron chi connectivity index (χ0n) is 14.1. The lowest BCUT2D eigenvalue weighted by Crippen LogP contribution is -2.38. The SMILES string of the molecule is CCC(Oc1cc(C)nc(C)n1)C(=O)NCc1ccccc1C. The smallest absolute Gasteiger partial charge is 0.261 e. The summed E-state index contributed by atoms with van der Waals surface area (Å²) in [6, 6.07) is 9.73. The van der Waals surface area contributed by atoms with Gasteiger partial charge in [0.05, 0.1) is 0 Å². The van der Waals surface area contributed by atoms with Gasteiger partial charge in [-0.3, -0.25) is 4.79 Å². The molecule has 0 fully saturated rings. The van der Waals surface area contributed by atoms with Crippen molar-refractivity contribution in [1.29, 1.82) is 0 Å². The van der Waals surface area contributed by atoms with Crippen molar-refractivity contribution in [3.63, 3.8) is 0 Å². The Labute approximate surface area is 137 Å². The Hall–Kier alpha value is -2.43. The minimum Gasteiger partial charge on any atom is -0.464 e. The van der Waals surface area contributed by atoms with Gasteiger partial charge in [0, 0.05) is 18.3 Å². The predicted octanol–water partition coefficient (Wildman–Crippen LogP) is 2.88. The van der Waals surface area contributed by atoms with E-state index in [1.54, 1.807) is 13.0 Å². The van der Waals surface area contributed by atoms with Crippen LogP contribution in [0.3, 0.4) is 0 Å². The highest BCUT2D eigenvalue weighted by Crippen LogP contribution is 2.13. The van der Waals surface area contributed by atoms with Crippen molar-refractivity contribution in [2.75, 3.05) is 0 Å². The van der Waals surface area contributed by atoms with Crippen molar-refractivity contribution in [3.05, 3.63) is 53.0 Å². The molecular formula is C18H23N3O2. The Balaban J connectivity index is 1.99. The monoisotopic (exact) mass is 313 g/mol. The van der Waals surface area contributed by atoms with Gasteiger partial charge in [-0.25, -0.2) is 4.98 Å². The second-order valence-electron chi connectivity index (χ2n) is 5.55. The second kappa shape index (κ2) is 7.72. The third-order valence-electron chi connectivity index (χ3n) is 3.58. The maximum atomic E-state index is 12.4. The quantitative estimate of drug-likeness (QED) is 0.890. The molecular weight excluding hydrogens is 290 g/mol. The summed E-state index contributed by atoms with van der Waals surface area (Å²) < 4.78 is 5.74. The van der Waals surface area contributed by atoms with E-state index in [1.807, 2.05) is 45.0 Å². The molecule has 1 atom stereocenters. The summed E-state index contributed by atoms with van der Waals surface area (Å²) in [5.74, 6) is 0.938. The number of ether oxygens (including phenoxy) is 1. The van der Waals surface area contributed by atoms with E-state index in [4.69, 9.17) is 4.74 Å². The third kappa shape index (κ3) is 4.77. The van der Waals surface area contributed by atoms with Crippen LogP contribution in [0.15, 0.2) is 30.3 Å². The number of rotatable bonds is 6. The molecule has 2 rings (SSSR count). The van der Waals surface area contributed by atoms with Crippen LogP contribution in [0.1, 0.15) is 36.0 Å². The van der Waals surface area contributed by atoms with Gasteiger partial charge < -0.3 is 10.1 Å². The first-order valence-electron chi connectivity index (χ1n) is 7.80. The Morgan fingerprint density at radius 2 is 1.96 bits per heavy atom. The van der Waals surface area contributed by atoms with Crippen LogP contribution in [-0.2, 0) is 11.3 Å². The molecule has 1 aromatic heterocycles. The van der Waals surface area contributed by atoms with Crippen LogP contribution in [0, 0.1) is 20.8 Å². The fourth-order valence-corrected chi connectivity index (χ4v) is 2.32. The van der Waals surface area contributed by atoms with Crippen molar-refractivity contribution < 1.29 is 9.53 Å². The van der Waals surface area contributed by atoms with E-state index in [0.717, 1.165) is 16.8 Å². The summed E-state index contributed by atoms with van der Waals surface area (Å²) in [5, 5.41) is 2.93. The predicted molar refractivity (Wildman–Crippen MR) is 89.2 cm³/mol. The van der Waals surface area contributed by atoms with Gasteiger partial charge in [0.25, 0.3) is 5.91 Å². The molecule has 1 aromatic carbocycles. The Morgan fingerprint density at radius 1 is 1.22 bits per heavy atom. The molecule has 0 saturated heterocycles. The topological polar surface area (TPSA) is 64.1 Å². The first-order chi connectivity index (χ1) is 11.0. The zero-order valence-corrected chi connectivity index (χ0v) is 14.1. The van der Waals surface area contributed by atoms with E-state index in [2.05, 4.69) is 15.3 Å². The number of amides is 1. The molecule has 5 heteroatoms. The van der Waals surface area contributed by atoms with Crippen LogP contribution >= 0.6 is 0 Å². The van der Waals surface area contributed by atoms with Crippen LogP contribution in [0.4, 0.5) is 0 Å². The summed E-state index contributed by atoms with van der Waals surface area (Å²) in [6.07, 6.45) is 0.00884. The molecule has 0 aliphatic carbocycles. The summed E-state index contributed by atoms with van der Waals surface area (Å²) in [6.45, 7) is 8.12. The minimum atomic E-state index is -0.562. The molecule has 23 heavy (non-hydrogen) atoms. The highest BCUT2D eigenvalue weighted by Gasteiger charge is 2.19. The summed E-state index contributed by atoms with van der Waals surface area (Å²) in [5.41, 5.74) is 3.08. The Bertz CT molecular complexity index is 665. The number of nitrogens with one attached hydrogen (secondary N) is 1. The number of carbonyl (C=O) groups is 1. The first-order valence-corrected chi connectivity index (χ1v) is 7.80. The van der Waals surface area contributed by atoms with Gasteiger partial charge in [0.2, 0.25) is 5.88 Å². The van der Waals surface area contributed by atoms with E-state index in [1.165, 1.54) is 0 Å². The lowest BCUT2D eigenvalue weighted by Gasteiger charge is -2.17. The minimum absolute atomic E-state index is 0.135. The third-order valence-corrected chi connectivity index (χ3v) is 3.58. The lowest BCUT2D eigenvalue weighted by atomic mass is 10.1. The second-order valence-corrected chi connectivity index (χ2v) is 5.55. The van der Waals surface area contributed by atoms with E-state index < -0.39 is 6.10 Å². The van der Waals surface area contributed by atoms with E-state index in [9.17, 15) is 4.79 Å². The molecule has 1 N–H and O–H groups in total. The highest BCUT2D eigenvalue weighted by atomic mass is 16.5. The fourth-order valence-electron chi connectivity index (χ4n) is 2.32. The Morgan fingerprint density at radius 3 is 2.61 bits per heavy atom. The molecule has 1 heterocycles. The first kappa shape index (κ1) is 16.9. The van der Waals surface area contributed by atoms with Crippen LogP contribution in [0.2, 0.25) is 0 Å². The summed E-state index contributed by atoms with van der Waals surface area (Å²) in [4.78, 5) is 20.8. The maximum absolute atomic E-state index is 12.4. The number of benzene rings is 1. The summed E-state index contributed by atoms with van der Waals surface area (Å²) >= 11 is 0. The largest absolute Gasteiger partial charge is 0.464 e. The number of hydrogen-bond donors (Lipinski definition) is 1. The van der Waals surface area contributed by atoms with Crippen molar-refractivity contribution in [1.82, 2.24) is 15.3 Å². The van der Waals surface area contributed by atoms with Crippen LogP contribution in [-0.4, -0.2) is 22.0 Å². The molecule has 2 aromatic rings. The molecule has 5 nitrogen and oxygen atoms in total. The number of carbonyl (C=O) groups excluding carboxylic acids is 1. The van der Waals surface area contributed by atoms with E-state index >= 15 is 0 Å². The molecule has 0 bridgehead atoms. The molecule has 0 radical (unpaired) electrons. The zero-order chi connectivity index (χ0) is 16.8. The lowest BCUT2D eigenvalue weighted by molar-refractivity contribution is -0.128. The van der Waals surface area contributed by atoms with Gasteiger partial charge in [-0.2, -0.15) is 4.98 Å². The van der Waals surface area contributed by atoms with Crippen molar-refractivity contribution in [3.8, 4) is 5.88 Å². The molecule has 0 aliphatic rings. The summed E-state index contributed by atoms with van der Waals surface area (Å²) in [7, 11) is 0. The standard InChI is InChI=1S/C18H23N3O2/c1-5-16(23-17-10-13(3)20-14(4)21-17)18(22)19-11-15-9-7-6-8-12(15)2/h6-10,16H,5,11H2,1-4H3,(H,19,22). The fraction of sp³-hybridized carbons (Fsp3) is 0.389. The van der Waals surface area contributed by atoms with Crippen LogP contribution < -0.4 is 10.1 Å². The van der Waals surface area contributed by atoms with E-state index in [-0.39, 0.29) is 5.91 Å². The molecule has 1 unspecified atom stereocenters. The molecule has 0 saturated carbocycles. The maximum Gasteiger partial charge on any atom is 0.261 e. The molecule has 122 valence electrons. The van der Waals surface area contributed by atoms with E-state index in [0.29, 0.717) is 24.7 Å². The van der Waals surface area contributed by atoms with Gasteiger partial charge in [-0.1, -0.05) is 31.2 Å². The number of hydrogen-bond acceptors (Lipinski definition) is 4. The molecule has 0 spiro atoms. The Kier molecular flexibility index (Phi) is 5.68. The van der Waals surface area contributed by atoms with Crippen LogP contribution in [0.25, 0.3) is 0 Å². The average Bonchev–Trinajstić information content (AvgIpc) is 2.50. The normalized spacial score (nSPS) is 11.8. The van der Waals surface area contributed by atoms with Gasteiger partial charge in [0.1, 0.15) is 5.82 Å². The number of nitrogens with zero attached hydrogens (tertiary/aromatic N) is 2. The van der Waals surface area contributed by atoms with Crippen LogP contribution in [0.5, 0.6) is 5.88 Å². The average molecular weight is 313 g/mol. The van der Waals surface area contributed by atoms with Crippen molar-refractivity contribution >= 4 is 5.91 Å². The number of aromatic nitrogens is 2. The van der Waals surface area contributed by atoms with Crippen molar-refractivity contribution in [2.24, 2.45) is 0 Å².